The van der Waals surface area contributed by atoms with Crippen LogP contribution in [0.15, 0.2) is 0 Å². The number of carbonyl (C=O) groups is 2. The van der Waals surface area contributed by atoms with Crippen LogP contribution in [0.25, 0.3) is 0 Å². The third-order valence-corrected chi connectivity index (χ3v) is 5.29. The maximum absolute atomic E-state index is 12.2. The van der Waals surface area contributed by atoms with Crippen molar-refractivity contribution in [2.45, 2.75) is 57.5 Å². The molecule has 0 aromatic carbocycles. The fraction of sp³-hybridized carbons (Fsp3) is 0.882. The standard InChI is InChI=1S/C17H30N2O4/c1-3-4-5-6-14-13(16(20)21)9-15(17(22)23-2)19(14)11-12-7-8-18-10-12/h12-15,18H,3-11H2,1-2H3,(H,20,21). The van der Waals surface area contributed by atoms with Gasteiger partial charge in [-0.15, -0.1) is 0 Å². The van der Waals surface area contributed by atoms with Gasteiger partial charge in [0.1, 0.15) is 6.04 Å². The SMILES string of the molecule is CCCCCC1C(C(=O)O)CC(C(=O)OC)N1CC1CCNC1. The van der Waals surface area contributed by atoms with Crippen LogP contribution in [0, 0.1) is 11.8 Å². The Morgan fingerprint density at radius 2 is 2.13 bits per heavy atom. The van der Waals surface area contributed by atoms with E-state index in [2.05, 4.69) is 17.1 Å². The highest BCUT2D eigenvalue weighted by Gasteiger charge is 2.48. The Kier molecular flexibility index (Phi) is 6.84. The minimum atomic E-state index is -0.785. The number of hydrogen-bond donors (Lipinski definition) is 2. The first kappa shape index (κ1) is 18.2. The number of nitrogens with zero attached hydrogens (tertiary/aromatic N) is 1. The van der Waals surface area contributed by atoms with Crippen LogP contribution in [-0.2, 0) is 14.3 Å². The second-order valence-corrected chi connectivity index (χ2v) is 6.84. The molecular weight excluding hydrogens is 296 g/mol. The minimum Gasteiger partial charge on any atom is -0.481 e. The fourth-order valence-corrected chi connectivity index (χ4v) is 4.03. The Labute approximate surface area is 138 Å². The Morgan fingerprint density at radius 3 is 2.70 bits per heavy atom. The van der Waals surface area contributed by atoms with E-state index in [0.717, 1.165) is 51.7 Å². The first-order valence-corrected chi connectivity index (χ1v) is 8.85. The first-order chi connectivity index (χ1) is 11.1. The number of carboxylic acid groups (broad SMARTS) is 1. The summed E-state index contributed by atoms with van der Waals surface area (Å²) in [5, 5.41) is 12.9. The second-order valence-electron chi connectivity index (χ2n) is 6.84. The zero-order chi connectivity index (χ0) is 16.8. The van der Waals surface area contributed by atoms with Gasteiger partial charge in [-0.3, -0.25) is 14.5 Å². The zero-order valence-electron chi connectivity index (χ0n) is 14.3. The van der Waals surface area contributed by atoms with E-state index in [-0.39, 0.29) is 12.0 Å². The van der Waals surface area contributed by atoms with Gasteiger partial charge in [0, 0.05) is 12.6 Å². The monoisotopic (exact) mass is 326 g/mol. The summed E-state index contributed by atoms with van der Waals surface area (Å²) in [5.74, 6) is -1.05. The van der Waals surface area contributed by atoms with Gasteiger partial charge in [-0.25, -0.2) is 0 Å². The number of nitrogens with one attached hydrogen (secondary N) is 1. The van der Waals surface area contributed by atoms with E-state index in [0.29, 0.717) is 12.3 Å². The number of carbonyl (C=O) groups excluding carboxylic acids is 1. The quantitative estimate of drug-likeness (QED) is 0.520. The van der Waals surface area contributed by atoms with Gasteiger partial charge in [-0.2, -0.15) is 0 Å². The Balaban J connectivity index is 2.14. The molecule has 6 heteroatoms. The molecule has 2 saturated heterocycles. The molecule has 2 aliphatic rings. The van der Waals surface area contributed by atoms with Gasteiger partial charge in [0.05, 0.1) is 13.0 Å². The lowest BCUT2D eigenvalue weighted by Crippen LogP contribution is -2.45. The average molecular weight is 326 g/mol. The molecule has 2 aliphatic heterocycles. The van der Waals surface area contributed by atoms with Crippen LogP contribution in [0.5, 0.6) is 0 Å². The van der Waals surface area contributed by atoms with Crippen LogP contribution in [0.1, 0.15) is 45.4 Å². The van der Waals surface area contributed by atoms with Crippen molar-refractivity contribution in [3.05, 3.63) is 0 Å². The number of unbranched alkanes of at least 4 members (excludes halogenated alkanes) is 2. The number of likely N-dealkylation sites (tertiary alicyclic amines) is 1. The van der Waals surface area contributed by atoms with Crippen LogP contribution in [0.4, 0.5) is 0 Å². The molecule has 0 aromatic heterocycles. The van der Waals surface area contributed by atoms with E-state index in [9.17, 15) is 14.7 Å². The summed E-state index contributed by atoms with van der Waals surface area (Å²) in [6.07, 6.45) is 5.53. The number of esters is 1. The number of methoxy groups -OCH3 is 1. The molecule has 0 bridgehead atoms. The predicted molar refractivity (Wildman–Crippen MR) is 87.2 cm³/mol. The summed E-state index contributed by atoms with van der Waals surface area (Å²) < 4.78 is 4.94. The maximum Gasteiger partial charge on any atom is 0.323 e. The van der Waals surface area contributed by atoms with E-state index in [1.165, 1.54) is 7.11 Å². The molecule has 0 saturated carbocycles. The molecule has 6 nitrogen and oxygen atoms in total. The summed E-state index contributed by atoms with van der Waals surface area (Å²) in [4.78, 5) is 26.0. The van der Waals surface area contributed by atoms with Crippen molar-refractivity contribution in [1.29, 1.82) is 0 Å². The van der Waals surface area contributed by atoms with E-state index >= 15 is 0 Å². The molecule has 0 radical (unpaired) electrons. The summed E-state index contributed by atoms with van der Waals surface area (Å²) in [5.41, 5.74) is 0. The maximum atomic E-state index is 12.2. The second kappa shape index (κ2) is 8.64. The lowest BCUT2D eigenvalue weighted by atomic mass is 9.94. The molecule has 2 heterocycles. The number of carboxylic acids is 1. The molecular formula is C17H30N2O4. The Hall–Kier alpha value is -1.14. The highest BCUT2D eigenvalue weighted by Crippen LogP contribution is 2.35. The van der Waals surface area contributed by atoms with Crippen LogP contribution in [0.3, 0.4) is 0 Å². The summed E-state index contributed by atoms with van der Waals surface area (Å²) in [7, 11) is 1.39. The normalized spacial score (nSPS) is 31.4. The van der Waals surface area contributed by atoms with E-state index < -0.39 is 17.9 Å². The van der Waals surface area contributed by atoms with Crippen molar-refractivity contribution >= 4 is 11.9 Å². The fourth-order valence-electron chi connectivity index (χ4n) is 4.03. The molecule has 4 atom stereocenters. The van der Waals surface area contributed by atoms with Crippen molar-refractivity contribution in [1.82, 2.24) is 10.2 Å². The van der Waals surface area contributed by atoms with Gasteiger partial charge < -0.3 is 15.2 Å². The van der Waals surface area contributed by atoms with Gasteiger partial charge in [-0.05, 0) is 38.3 Å². The van der Waals surface area contributed by atoms with Gasteiger partial charge in [-0.1, -0.05) is 26.2 Å². The van der Waals surface area contributed by atoms with Crippen molar-refractivity contribution in [2.75, 3.05) is 26.7 Å². The van der Waals surface area contributed by atoms with Crippen LogP contribution in [-0.4, -0.2) is 60.8 Å². The molecule has 132 valence electrons. The minimum absolute atomic E-state index is 0.0521. The lowest BCUT2D eigenvalue weighted by molar-refractivity contribution is -0.146. The highest BCUT2D eigenvalue weighted by atomic mass is 16.5. The Morgan fingerprint density at radius 1 is 1.35 bits per heavy atom. The number of aliphatic carboxylic acids is 1. The molecule has 0 amide bonds. The lowest BCUT2D eigenvalue weighted by Gasteiger charge is -2.32. The van der Waals surface area contributed by atoms with Crippen molar-refractivity contribution in [3.63, 3.8) is 0 Å². The zero-order valence-corrected chi connectivity index (χ0v) is 14.3. The third kappa shape index (κ3) is 4.44. The van der Waals surface area contributed by atoms with Crippen LogP contribution in [0.2, 0.25) is 0 Å². The number of hydrogen-bond acceptors (Lipinski definition) is 5. The summed E-state index contributed by atoms with van der Waals surface area (Å²) in [6, 6.07) is -0.461. The summed E-state index contributed by atoms with van der Waals surface area (Å²) in [6.45, 7) is 4.88. The molecule has 23 heavy (non-hydrogen) atoms. The highest BCUT2D eigenvalue weighted by molar-refractivity contribution is 5.79. The van der Waals surface area contributed by atoms with Crippen molar-refractivity contribution in [3.8, 4) is 0 Å². The molecule has 2 N–H and O–H groups in total. The molecule has 2 fully saturated rings. The van der Waals surface area contributed by atoms with Crippen molar-refractivity contribution in [2.24, 2.45) is 11.8 Å². The van der Waals surface area contributed by atoms with E-state index in [1.54, 1.807) is 0 Å². The third-order valence-electron chi connectivity index (χ3n) is 5.29. The Bertz CT molecular complexity index is 409. The van der Waals surface area contributed by atoms with Gasteiger partial charge >= 0.3 is 11.9 Å². The predicted octanol–water partition coefficient (Wildman–Crippen LogP) is 1.49. The molecule has 0 aromatic rings. The largest absolute Gasteiger partial charge is 0.481 e. The van der Waals surface area contributed by atoms with Gasteiger partial charge in [0.2, 0.25) is 0 Å². The molecule has 4 unspecified atom stereocenters. The van der Waals surface area contributed by atoms with Gasteiger partial charge in [0.15, 0.2) is 0 Å². The number of rotatable bonds is 8. The van der Waals surface area contributed by atoms with E-state index in [4.69, 9.17) is 4.74 Å². The van der Waals surface area contributed by atoms with Gasteiger partial charge in [0.25, 0.3) is 0 Å². The smallest absolute Gasteiger partial charge is 0.323 e. The van der Waals surface area contributed by atoms with Crippen molar-refractivity contribution < 1.29 is 19.4 Å². The first-order valence-electron chi connectivity index (χ1n) is 8.85. The number of ether oxygens (including phenoxy) is 1. The summed E-state index contributed by atoms with van der Waals surface area (Å²) >= 11 is 0. The van der Waals surface area contributed by atoms with Crippen LogP contribution >= 0.6 is 0 Å². The molecule has 0 aliphatic carbocycles. The molecule has 0 spiro atoms. The topological polar surface area (TPSA) is 78.9 Å². The molecule has 2 rings (SSSR count). The average Bonchev–Trinajstić information content (AvgIpc) is 3.16. The van der Waals surface area contributed by atoms with E-state index in [1.807, 2.05) is 0 Å². The van der Waals surface area contributed by atoms with Crippen LogP contribution < -0.4 is 5.32 Å².